The Morgan fingerprint density at radius 3 is 1.71 bits per heavy atom. The molecule has 2 amide bonds. The third-order valence-corrected chi connectivity index (χ3v) is 11.6. The van der Waals surface area contributed by atoms with Gasteiger partial charge in [-0.3, -0.25) is 43.5 Å². The number of aromatic amines is 1. The van der Waals surface area contributed by atoms with E-state index in [1.54, 1.807) is 104 Å². The number of hydrogen-bond acceptors (Lipinski definition) is 20. The number of H-pyrrole nitrogens is 1. The Bertz CT molecular complexity index is 3790. The lowest BCUT2D eigenvalue weighted by atomic mass is 10.2. The van der Waals surface area contributed by atoms with Gasteiger partial charge in [0, 0.05) is 81.3 Å². The van der Waals surface area contributed by atoms with Crippen LogP contribution in [0.5, 0.6) is 5.75 Å². The summed E-state index contributed by atoms with van der Waals surface area (Å²) in [6.07, 6.45) is 21.8. The van der Waals surface area contributed by atoms with Crippen LogP contribution in [0.15, 0.2) is 147 Å². The fourth-order valence-corrected chi connectivity index (χ4v) is 7.03. The van der Waals surface area contributed by atoms with Crippen LogP contribution in [0.1, 0.15) is 34.6 Å². The molecule has 0 bridgehead atoms. The molecule has 0 radical (unpaired) electrons. The van der Waals surface area contributed by atoms with Gasteiger partial charge in [-0.2, -0.15) is 8.42 Å². The molecular weight excluding hydrogens is 1090 g/mol. The molecule has 0 unspecified atom stereocenters. The van der Waals surface area contributed by atoms with Crippen LogP contribution >= 0.6 is 0 Å². The summed E-state index contributed by atoms with van der Waals surface area (Å²) in [5, 5.41) is 35.3. The highest BCUT2D eigenvalue weighted by atomic mass is 32.3. The number of aromatic nitrogens is 8. The van der Waals surface area contributed by atoms with Crippen molar-refractivity contribution in [3.8, 4) is 45.8 Å². The van der Waals surface area contributed by atoms with Gasteiger partial charge in [0.15, 0.2) is 0 Å². The molecule has 0 atom stereocenters. The lowest BCUT2D eigenvalue weighted by Crippen LogP contribution is -2.19. The van der Waals surface area contributed by atoms with Crippen LogP contribution in [0.25, 0.3) is 44.7 Å². The molecule has 2 aromatic carbocycles. The molecular formula is C53H54N14O14S. The average Bonchev–Trinajstić information content (AvgIpc) is 4.50. The first-order chi connectivity index (χ1) is 39.2. The second-order valence-corrected chi connectivity index (χ2v) is 17.9. The van der Waals surface area contributed by atoms with Crippen molar-refractivity contribution < 1.29 is 55.2 Å². The van der Waals surface area contributed by atoms with Crippen molar-refractivity contribution in [3.63, 3.8) is 0 Å². The summed E-state index contributed by atoms with van der Waals surface area (Å²) in [5.74, 6) is -0.363. The maximum absolute atomic E-state index is 12.2. The molecule has 5 N–H and O–H groups in total. The van der Waals surface area contributed by atoms with Gasteiger partial charge < -0.3 is 49.3 Å². The van der Waals surface area contributed by atoms with Crippen LogP contribution in [-0.2, 0) is 49.4 Å². The topological polar surface area (TPSA) is 374 Å². The molecule has 28 nitrogen and oxygen atoms in total. The molecule has 426 valence electrons. The van der Waals surface area contributed by atoms with Crippen molar-refractivity contribution in [2.24, 2.45) is 21.1 Å². The summed E-state index contributed by atoms with van der Waals surface area (Å²) in [7, 11) is 4.12. The SMILES string of the molecule is CCOC(=O)c1ccc(NC(=O)Nc2cnc3cn(C)ccc2-3)cc1.CCOC(=O)c1ccc(OC#N)cc1.COS(=O)(=O)OC.Cn1ccc2c(N)cnc-2c1.Cn1ccc2c([N+](=O)[O-])cnc-2c1.O=[N+]([O-])c1c[nH]c2cnccc12. The Morgan fingerprint density at radius 2 is 1.18 bits per heavy atom. The number of carbonyl (C=O) groups excluding carboxylic acids is 3. The van der Waals surface area contributed by atoms with E-state index in [-0.39, 0.29) is 29.3 Å². The first kappa shape index (κ1) is 62.0. The standard InChI is InChI=1S/C18H18N4O3.C10H9NO3.C8H7N3O2.C8H9N3.C7H5N3O2.C2H6O4S/c1-3-25-17(23)12-4-6-13(7-5-12)20-18(24)21-15-10-19-16-11-22(2)9-8-14(15)16;1-2-13-10(12)8-3-5-9(6-4-8)14-7-11;1-10-3-2-6-7(5-10)9-4-8(6)11(12)13;1-11-3-2-6-7(9)4-10-8(6)5-11;11-10(12)7-4-9-6-3-8-2-1-5(6)7;1-5-7(3,4)6-2/h4-11H,3H2,1-2H3,(H2,20,21,24);3-6H,2H2,1H3;2-5H,1H3;2-5H,9H2,1H3;1-4,9H;1-2H3. The molecule has 4 aromatic rings. The number of amides is 2. The van der Waals surface area contributed by atoms with E-state index in [9.17, 15) is 43.0 Å². The number of fused-ring (bicyclic) bond motifs is 4. The number of esters is 2. The van der Waals surface area contributed by atoms with E-state index in [0.717, 1.165) is 42.4 Å². The predicted octanol–water partition coefficient (Wildman–Crippen LogP) is 8.60. The molecule has 8 heterocycles. The lowest BCUT2D eigenvalue weighted by Gasteiger charge is -2.09. The van der Waals surface area contributed by atoms with E-state index >= 15 is 0 Å². The maximum Gasteiger partial charge on any atom is 0.399 e. The Morgan fingerprint density at radius 1 is 0.683 bits per heavy atom. The van der Waals surface area contributed by atoms with Gasteiger partial charge in [-0.25, -0.2) is 19.4 Å². The summed E-state index contributed by atoms with van der Waals surface area (Å²) in [6, 6.07) is 19.5. The monoisotopic (exact) mass is 1140 g/mol. The minimum absolute atomic E-state index is 0.0654. The van der Waals surface area contributed by atoms with E-state index in [2.05, 4.69) is 48.7 Å². The Kier molecular flexibility index (Phi) is 22.5. The van der Waals surface area contributed by atoms with Gasteiger partial charge >= 0.3 is 28.4 Å². The van der Waals surface area contributed by atoms with Crippen LogP contribution in [0.2, 0.25) is 0 Å². The number of rotatable bonds is 11. The smallest absolute Gasteiger partial charge is 0.399 e. The van der Waals surface area contributed by atoms with E-state index in [1.165, 1.54) is 30.7 Å². The number of ether oxygens (including phenoxy) is 3. The molecule has 0 fully saturated rings. The minimum atomic E-state index is -3.66. The van der Waals surface area contributed by atoms with Crippen molar-refractivity contribution in [2.45, 2.75) is 13.8 Å². The zero-order valence-corrected chi connectivity index (χ0v) is 45.8. The highest BCUT2D eigenvalue weighted by Gasteiger charge is 2.20. The van der Waals surface area contributed by atoms with Crippen molar-refractivity contribution in [2.75, 3.05) is 43.8 Å². The van der Waals surface area contributed by atoms with E-state index in [0.29, 0.717) is 63.6 Å². The highest BCUT2D eigenvalue weighted by Crippen LogP contribution is 2.31. The molecule has 29 heteroatoms. The van der Waals surface area contributed by atoms with Crippen molar-refractivity contribution in [3.05, 3.63) is 179 Å². The molecule has 6 aliphatic heterocycles. The average molecular weight is 1140 g/mol. The zero-order valence-electron chi connectivity index (χ0n) is 44.9. The number of nitrogens with two attached hydrogens (primary N) is 1. The quantitative estimate of drug-likeness (QED) is 0.0407. The molecule has 82 heavy (non-hydrogen) atoms. The van der Waals surface area contributed by atoms with Gasteiger partial charge in [0.2, 0.25) is 0 Å². The highest BCUT2D eigenvalue weighted by molar-refractivity contribution is 7.81. The second-order valence-electron chi connectivity index (χ2n) is 16.4. The molecule has 6 aliphatic rings. The summed E-state index contributed by atoms with van der Waals surface area (Å²) in [4.78, 5) is 74.0. The summed E-state index contributed by atoms with van der Waals surface area (Å²) in [5.41, 5.74) is 14.2. The van der Waals surface area contributed by atoms with Crippen LogP contribution < -0.4 is 21.1 Å². The van der Waals surface area contributed by atoms with Crippen LogP contribution in [0.4, 0.5) is 33.2 Å². The first-order valence-corrected chi connectivity index (χ1v) is 25.3. The fourth-order valence-electron chi connectivity index (χ4n) is 6.89. The normalized spacial score (nSPS) is 10.3. The lowest BCUT2D eigenvalue weighted by molar-refractivity contribution is -0.384. The molecule has 0 saturated heterocycles. The largest absolute Gasteiger partial charge is 0.462 e. The number of hydrogen-bond donors (Lipinski definition) is 4. The van der Waals surface area contributed by atoms with Crippen molar-refractivity contribution in [1.29, 1.82) is 5.26 Å². The number of aryl methyl sites for hydroxylation is 3. The first-order valence-electron chi connectivity index (χ1n) is 23.9. The van der Waals surface area contributed by atoms with Gasteiger partial charge in [0.05, 0.1) is 118 Å². The van der Waals surface area contributed by atoms with Crippen molar-refractivity contribution in [1.82, 2.24) is 38.6 Å². The predicted molar refractivity (Wildman–Crippen MR) is 300 cm³/mol. The third-order valence-electron chi connectivity index (χ3n) is 10.8. The Labute approximate surface area is 468 Å². The molecule has 10 rings (SSSR count). The number of pyridine rings is 4. The number of carbonyl (C=O) groups is 3. The van der Waals surface area contributed by atoms with E-state index in [4.69, 9.17) is 20.5 Å². The van der Waals surface area contributed by atoms with Crippen molar-refractivity contribution >= 4 is 67.7 Å². The summed E-state index contributed by atoms with van der Waals surface area (Å²) in [6.45, 7) is 4.15. The van der Waals surface area contributed by atoms with Crippen LogP contribution in [0.3, 0.4) is 0 Å². The van der Waals surface area contributed by atoms with Crippen LogP contribution in [0, 0.1) is 31.7 Å². The summed E-state index contributed by atoms with van der Waals surface area (Å²) < 4.78 is 47.4. The number of benzene rings is 2. The Balaban J connectivity index is 0.000000189. The fraction of sp³-hybridized carbons (Fsp3) is 0.170. The number of nitriles is 1. The summed E-state index contributed by atoms with van der Waals surface area (Å²) >= 11 is 0. The maximum atomic E-state index is 12.2. The number of urea groups is 1. The van der Waals surface area contributed by atoms with Gasteiger partial charge in [0.1, 0.15) is 11.9 Å². The number of nitrogens with zero attached hydrogens (tertiary/aromatic N) is 10. The van der Waals surface area contributed by atoms with Gasteiger partial charge in [-0.15, -0.1) is 5.26 Å². The van der Waals surface area contributed by atoms with Gasteiger partial charge in [-0.1, -0.05) is 0 Å². The molecule has 0 saturated carbocycles. The minimum Gasteiger partial charge on any atom is -0.462 e. The zero-order chi connectivity index (χ0) is 59.9. The second kappa shape index (κ2) is 29.8. The van der Waals surface area contributed by atoms with E-state index < -0.39 is 20.2 Å². The Hall–Kier alpha value is -10.8. The molecule has 0 aliphatic carbocycles. The number of anilines is 3. The van der Waals surface area contributed by atoms with Gasteiger partial charge in [0.25, 0.3) is 17.6 Å². The number of nitro groups is 2. The van der Waals surface area contributed by atoms with Gasteiger partial charge in [-0.05, 0) is 86.6 Å². The third kappa shape index (κ3) is 17.9. The number of nitrogens with one attached hydrogen (secondary N) is 3. The van der Waals surface area contributed by atoms with E-state index in [1.807, 2.05) is 67.2 Å². The molecule has 0 spiro atoms. The molecule has 2 aromatic heterocycles. The number of nitrogen functional groups attached to an aromatic ring is 1. The van der Waals surface area contributed by atoms with Crippen LogP contribution in [-0.4, -0.2) is 102 Å².